The predicted octanol–water partition coefficient (Wildman–Crippen LogP) is 5.20. The largest absolute Gasteiger partial charge is 0.351 e. The topological polar surface area (TPSA) is 62.5 Å². The molecule has 1 fully saturated rings. The molecule has 0 aliphatic carbocycles. The van der Waals surface area contributed by atoms with E-state index in [1.165, 1.54) is 25.3 Å². The van der Waals surface area contributed by atoms with Gasteiger partial charge in [0.15, 0.2) is 5.65 Å². The van der Waals surface area contributed by atoms with Gasteiger partial charge in [-0.25, -0.2) is 13.9 Å². The summed E-state index contributed by atoms with van der Waals surface area (Å²) in [4.78, 5) is 20.4. The van der Waals surface area contributed by atoms with Crippen LogP contribution in [0.15, 0.2) is 66.7 Å². The molecule has 1 aliphatic heterocycles. The summed E-state index contributed by atoms with van der Waals surface area (Å²) in [5.41, 5.74) is 3.22. The lowest BCUT2D eigenvalue weighted by atomic mass is 10.0. The number of amides is 1. The van der Waals surface area contributed by atoms with Crippen molar-refractivity contribution in [3.63, 3.8) is 0 Å². The summed E-state index contributed by atoms with van der Waals surface area (Å²) in [6.07, 6.45) is 4.65. The lowest BCUT2D eigenvalue weighted by Gasteiger charge is -2.33. The Kier molecular flexibility index (Phi) is 6.86. The van der Waals surface area contributed by atoms with Crippen molar-refractivity contribution < 1.29 is 9.18 Å². The zero-order valence-electron chi connectivity index (χ0n) is 20.0. The van der Waals surface area contributed by atoms with Gasteiger partial charge in [0.25, 0.3) is 5.91 Å². The molecule has 1 saturated heterocycles. The highest BCUT2D eigenvalue weighted by atomic mass is 19.1. The van der Waals surface area contributed by atoms with Gasteiger partial charge in [-0.2, -0.15) is 5.10 Å². The molecule has 0 bridgehead atoms. The number of hydrogen-bond donors (Lipinski definition) is 1. The molecular formula is C28H30FN5O. The van der Waals surface area contributed by atoms with Gasteiger partial charge < -0.3 is 10.2 Å². The number of aromatic nitrogens is 3. The van der Waals surface area contributed by atoms with E-state index >= 15 is 0 Å². The third-order valence-corrected chi connectivity index (χ3v) is 6.73. The highest BCUT2D eigenvalue weighted by molar-refractivity contribution is 5.94. The molecule has 180 valence electrons. The van der Waals surface area contributed by atoms with Crippen molar-refractivity contribution in [2.24, 2.45) is 0 Å². The Morgan fingerprint density at radius 2 is 1.86 bits per heavy atom. The molecule has 1 N–H and O–H groups in total. The number of rotatable bonds is 7. The molecule has 5 rings (SSSR count). The summed E-state index contributed by atoms with van der Waals surface area (Å²) in [5, 5.41) is 7.70. The Morgan fingerprint density at radius 1 is 1.06 bits per heavy atom. The number of likely N-dealkylation sites (tertiary alicyclic amines) is 1. The minimum Gasteiger partial charge on any atom is -0.351 e. The van der Waals surface area contributed by atoms with Crippen molar-refractivity contribution in [1.29, 1.82) is 0 Å². The minimum atomic E-state index is -0.380. The van der Waals surface area contributed by atoms with E-state index in [1.807, 2.05) is 36.4 Å². The molecule has 7 heteroatoms. The van der Waals surface area contributed by atoms with Gasteiger partial charge in [-0.1, -0.05) is 48.9 Å². The number of halogens is 1. The van der Waals surface area contributed by atoms with E-state index in [2.05, 4.69) is 27.2 Å². The molecular weight excluding hydrogens is 441 g/mol. The molecule has 0 unspecified atom stereocenters. The third kappa shape index (κ3) is 5.10. The Hall–Kier alpha value is -3.58. The van der Waals surface area contributed by atoms with E-state index in [9.17, 15) is 9.18 Å². The van der Waals surface area contributed by atoms with E-state index in [0.717, 1.165) is 25.1 Å². The van der Waals surface area contributed by atoms with Crippen LogP contribution in [0.2, 0.25) is 0 Å². The van der Waals surface area contributed by atoms with E-state index < -0.39 is 0 Å². The number of carbonyl (C=O) groups excluding carboxylic acids is 1. The summed E-state index contributed by atoms with van der Waals surface area (Å²) in [6.45, 7) is 4.93. The normalized spacial score (nSPS) is 16.5. The number of piperidine rings is 1. The monoisotopic (exact) mass is 471 g/mol. The second kappa shape index (κ2) is 10.4. The highest BCUT2D eigenvalue weighted by Gasteiger charge is 2.20. The van der Waals surface area contributed by atoms with Gasteiger partial charge in [-0.3, -0.25) is 4.79 Å². The lowest BCUT2D eigenvalue weighted by molar-refractivity contribution is 0.0941. The third-order valence-electron chi connectivity index (χ3n) is 6.73. The first-order chi connectivity index (χ1) is 17.1. The second-order valence-corrected chi connectivity index (χ2v) is 9.16. The van der Waals surface area contributed by atoms with Crippen molar-refractivity contribution in [2.75, 3.05) is 19.6 Å². The number of fused-ring (bicyclic) bond motifs is 1. The SMILES string of the molecule is C[C@H]1CCCCN1CCCNC(=O)c1cc(-c2ccccc2F)nc2cc(-c3ccccc3)nn12. The average molecular weight is 472 g/mol. The molecule has 4 aromatic rings. The first-order valence-electron chi connectivity index (χ1n) is 12.3. The first kappa shape index (κ1) is 23.2. The smallest absolute Gasteiger partial charge is 0.270 e. The number of nitrogens with zero attached hydrogens (tertiary/aromatic N) is 4. The maximum absolute atomic E-state index is 14.6. The van der Waals surface area contributed by atoms with E-state index in [4.69, 9.17) is 0 Å². The molecule has 1 amide bonds. The number of carbonyl (C=O) groups is 1. The highest BCUT2D eigenvalue weighted by Crippen LogP contribution is 2.25. The minimum absolute atomic E-state index is 0.246. The van der Waals surface area contributed by atoms with E-state index in [0.29, 0.717) is 40.9 Å². The predicted molar refractivity (Wildman–Crippen MR) is 136 cm³/mol. The van der Waals surface area contributed by atoms with Gasteiger partial charge in [-0.05, 0) is 50.9 Å². The Labute approximate surface area is 204 Å². The molecule has 35 heavy (non-hydrogen) atoms. The average Bonchev–Trinajstić information content (AvgIpc) is 3.32. The second-order valence-electron chi connectivity index (χ2n) is 9.16. The fourth-order valence-electron chi connectivity index (χ4n) is 4.76. The van der Waals surface area contributed by atoms with Crippen molar-refractivity contribution in [3.8, 4) is 22.5 Å². The fourth-order valence-corrected chi connectivity index (χ4v) is 4.76. The summed E-state index contributed by atoms with van der Waals surface area (Å²) < 4.78 is 16.1. The van der Waals surface area contributed by atoms with Crippen LogP contribution >= 0.6 is 0 Å². The van der Waals surface area contributed by atoms with Crippen molar-refractivity contribution in [1.82, 2.24) is 24.8 Å². The first-order valence-corrected chi connectivity index (χ1v) is 12.3. The summed E-state index contributed by atoms with van der Waals surface area (Å²) >= 11 is 0. The summed E-state index contributed by atoms with van der Waals surface area (Å²) in [7, 11) is 0. The van der Waals surface area contributed by atoms with Crippen molar-refractivity contribution in [3.05, 3.63) is 78.2 Å². The van der Waals surface area contributed by atoms with Crippen molar-refractivity contribution >= 4 is 11.6 Å². The molecule has 3 heterocycles. The van der Waals surface area contributed by atoms with Crippen LogP contribution in [0.5, 0.6) is 0 Å². The van der Waals surface area contributed by atoms with Gasteiger partial charge >= 0.3 is 0 Å². The Morgan fingerprint density at radius 3 is 2.66 bits per heavy atom. The van der Waals surface area contributed by atoms with Crippen LogP contribution in [-0.2, 0) is 0 Å². The zero-order valence-corrected chi connectivity index (χ0v) is 20.0. The van der Waals surface area contributed by atoms with Gasteiger partial charge in [0, 0.05) is 36.3 Å². The Bertz CT molecular complexity index is 1320. The number of nitrogens with one attached hydrogen (secondary N) is 1. The van der Waals surface area contributed by atoms with Crippen LogP contribution in [-0.4, -0.2) is 51.1 Å². The molecule has 2 aromatic carbocycles. The van der Waals surface area contributed by atoms with Crippen LogP contribution < -0.4 is 5.32 Å². The molecule has 0 spiro atoms. The van der Waals surface area contributed by atoms with Gasteiger partial charge in [0.2, 0.25) is 0 Å². The van der Waals surface area contributed by atoms with Crippen LogP contribution in [0.25, 0.3) is 28.2 Å². The molecule has 1 atom stereocenters. The van der Waals surface area contributed by atoms with E-state index in [-0.39, 0.29) is 11.7 Å². The van der Waals surface area contributed by atoms with Crippen molar-refractivity contribution in [2.45, 2.75) is 38.6 Å². The maximum Gasteiger partial charge on any atom is 0.270 e. The number of hydrogen-bond acceptors (Lipinski definition) is 4. The molecule has 6 nitrogen and oxygen atoms in total. The maximum atomic E-state index is 14.6. The van der Waals surface area contributed by atoms with Crippen LogP contribution in [0.4, 0.5) is 4.39 Å². The summed E-state index contributed by atoms with van der Waals surface area (Å²) in [6, 6.07) is 20.3. The lowest BCUT2D eigenvalue weighted by Crippen LogP contribution is -2.39. The van der Waals surface area contributed by atoms with Gasteiger partial charge in [0.1, 0.15) is 11.5 Å². The fraction of sp³-hybridized carbons (Fsp3) is 0.321. The van der Waals surface area contributed by atoms with Crippen LogP contribution in [0.3, 0.4) is 0 Å². The van der Waals surface area contributed by atoms with Crippen LogP contribution in [0.1, 0.15) is 43.1 Å². The van der Waals surface area contributed by atoms with Gasteiger partial charge in [0.05, 0.1) is 11.4 Å². The molecule has 1 aliphatic rings. The Balaban J connectivity index is 1.42. The van der Waals surface area contributed by atoms with Crippen LogP contribution in [0, 0.1) is 5.82 Å². The quantitative estimate of drug-likeness (QED) is 0.377. The zero-order chi connectivity index (χ0) is 24.2. The molecule has 0 saturated carbocycles. The standard InChI is InChI=1S/C28H30FN5O/c1-20-10-7-8-16-33(20)17-9-15-30-28(35)26-18-25(22-13-5-6-14-23(22)29)31-27-19-24(32-34(26)27)21-11-3-2-4-12-21/h2-6,11-14,18-20H,7-10,15-17H2,1H3,(H,30,35)/t20-/m0/s1. The van der Waals surface area contributed by atoms with E-state index in [1.54, 1.807) is 28.8 Å². The van der Waals surface area contributed by atoms with Gasteiger partial charge in [-0.15, -0.1) is 0 Å². The molecule has 2 aromatic heterocycles. The summed E-state index contributed by atoms with van der Waals surface area (Å²) in [5.74, 6) is -0.626. The number of benzene rings is 2. The molecule has 0 radical (unpaired) electrons.